The zero-order valence-electron chi connectivity index (χ0n) is 17.9. The minimum atomic E-state index is -1.08. The van der Waals surface area contributed by atoms with Gasteiger partial charge in [0.1, 0.15) is 6.04 Å². The largest absolute Gasteiger partial charge is 0.481 e. The Labute approximate surface area is 173 Å². The number of carbonyl (C=O) groups excluding carboxylic acids is 2. The molecule has 0 saturated carbocycles. The molecule has 0 spiro atoms. The highest BCUT2D eigenvalue weighted by Crippen LogP contribution is 2.28. The standard InChI is InChI=1S/C22H34N2O5/c1-5-22(3,6-2)12-13-23-17(15-19(25)26)20(27)24-18(21(28)29-4)14-16-10-8-7-9-11-16/h7-11,17-18,23H,5-6,12-15H2,1-4H3,(H,24,27)(H,25,26)/t17-,18-/m0/s1. The van der Waals surface area contributed by atoms with Gasteiger partial charge in [0.05, 0.1) is 19.6 Å². The average Bonchev–Trinajstić information content (AvgIpc) is 2.72. The number of benzene rings is 1. The second kappa shape index (κ2) is 12.2. The first-order valence-electron chi connectivity index (χ1n) is 10.1. The zero-order valence-corrected chi connectivity index (χ0v) is 17.9. The number of esters is 1. The third kappa shape index (κ3) is 8.64. The van der Waals surface area contributed by atoms with E-state index < -0.39 is 29.9 Å². The van der Waals surface area contributed by atoms with E-state index in [0.29, 0.717) is 6.54 Å². The van der Waals surface area contributed by atoms with Crippen molar-refractivity contribution in [2.24, 2.45) is 5.41 Å². The monoisotopic (exact) mass is 406 g/mol. The molecule has 0 aliphatic rings. The Hall–Kier alpha value is -2.41. The van der Waals surface area contributed by atoms with Crippen molar-refractivity contribution in [2.45, 2.75) is 65.0 Å². The van der Waals surface area contributed by atoms with E-state index in [1.807, 2.05) is 30.3 Å². The Kier molecular flexibility index (Phi) is 10.4. The van der Waals surface area contributed by atoms with E-state index in [4.69, 9.17) is 4.74 Å². The van der Waals surface area contributed by atoms with Crippen LogP contribution in [0.25, 0.3) is 0 Å². The van der Waals surface area contributed by atoms with Gasteiger partial charge in [-0.25, -0.2) is 4.79 Å². The summed E-state index contributed by atoms with van der Waals surface area (Å²) in [5, 5.41) is 14.9. The van der Waals surface area contributed by atoms with Crippen molar-refractivity contribution in [3.8, 4) is 0 Å². The molecule has 7 nitrogen and oxygen atoms in total. The first kappa shape index (κ1) is 24.6. The van der Waals surface area contributed by atoms with E-state index in [1.54, 1.807) is 0 Å². The molecule has 0 aromatic heterocycles. The van der Waals surface area contributed by atoms with Gasteiger partial charge in [0, 0.05) is 6.42 Å². The molecule has 0 unspecified atom stereocenters. The number of ether oxygens (including phenoxy) is 1. The fraction of sp³-hybridized carbons (Fsp3) is 0.591. The first-order valence-corrected chi connectivity index (χ1v) is 10.1. The van der Waals surface area contributed by atoms with Crippen LogP contribution in [0.5, 0.6) is 0 Å². The van der Waals surface area contributed by atoms with Crippen LogP contribution in [0.1, 0.15) is 52.0 Å². The summed E-state index contributed by atoms with van der Waals surface area (Å²) >= 11 is 0. The first-order chi connectivity index (χ1) is 13.7. The fourth-order valence-electron chi connectivity index (χ4n) is 3.04. The number of hydrogen-bond donors (Lipinski definition) is 3. The van der Waals surface area contributed by atoms with Gasteiger partial charge in [-0.05, 0) is 23.9 Å². The van der Waals surface area contributed by atoms with Crippen LogP contribution in [0.15, 0.2) is 30.3 Å². The molecule has 0 heterocycles. The van der Waals surface area contributed by atoms with E-state index in [-0.39, 0.29) is 18.3 Å². The maximum absolute atomic E-state index is 12.7. The number of carbonyl (C=O) groups is 3. The maximum atomic E-state index is 12.7. The van der Waals surface area contributed by atoms with Crippen molar-refractivity contribution in [2.75, 3.05) is 13.7 Å². The SMILES string of the molecule is CCC(C)(CC)CCN[C@@H](CC(=O)O)C(=O)N[C@@H](Cc1ccccc1)C(=O)OC. The van der Waals surface area contributed by atoms with Crippen LogP contribution in [-0.2, 0) is 25.5 Å². The summed E-state index contributed by atoms with van der Waals surface area (Å²) in [6.45, 7) is 6.93. The van der Waals surface area contributed by atoms with E-state index >= 15 is 0 Å². The topological polar surface area (TPSA) is 105 Å². The lowest BCUT2D eigenvalue weighted by molar-refractivity contribution is -0.145. The summed E-state index contributed by atoms with van der Waals surface area (Å²) in [5.41, 5.74) is 1.01. The quantitative estimate of drug-likeness (QED) is 0.435. The lowest BCUT2D eigenvalue weighted by Gasteiger charge is -2.28. The van der Waals surface area contributed by atoms with Crippen LogP contribution < -0.4 is 10.6 Å². The van der Waals surface area contributed by atoms with E-state index in [9.17, 15) is 19.5 Å². The van der Waals surface area contributed by atoms with Crippen molar-refractivity contribution in [3.63, 3.8) is 0 Å². The smallest absolute Gasteiger partial charge is 0.328 e. The summed E-state index contributed by atoms with van der Waals surface area (Å²) in [6.07, 6.45) is 2.74. The van der Waals surface area contributed by atoms with Gasteiger partial charge >= 0.3 is 11.9 Å². The van der Waals surface area contributed by atoms with E-state index in [2.05, 4.69) is 31.4 Å². The molecule has 3 N–H and O–H groups in total. The number of hydrogen-bond acceptors (Lipinski definition) is 5. The highest BCUT2D eigenvalue weighted by atomic mass is 16.5. The van der Waals surface area contributed by atoms with Crippen molar-refractivity contribution in [1.29, 1.82) is 0 Å². The molecule has 162 valence electrons. The number of amides is 1. The molecular weight excluding hydrogens is 372 g/mol. The highest BCUT2D eigenvalue weighted by Gasteiger charge is 2.28. The van der Waals surface area contributed by atoms with Crippen molar-refractivity contribution < 1.29 is 24.2 Å². The van der Waals surface area contributed by atoms with E-state index in [0.717, 1.165) is 24.8 Å². The third-order valence-corrected chi connectivity index (χ3v) is 5.61. The normalized spacial score (nSPS) is 13.4. The van der Waals surface area contributed by atoms with Crippen LogP contribution in [0.3, 0.4) is 0 Å². The molecule has 0 radical (unpaired) electrons. The van der Waals surface area contributed by atoms with Crippen LogP contribution in [0.2, 0.25) is 0 Å². The Bertz CT molecular complexity index is 658. The van der Waals surface area contributed by atoms with Gasteiger partial charge in [-0.15, -0.1) is 0 Å². The van der Waals surface area contributed by atoms with Gasteiger partial charge in [-0.3, -0.25) is 9.59 Å². The van der Waals surface area contributed by atoms with Gasteiger partial charge in [0.2, 0.25) is 5.91 Å². The van der Waals surface area contributed by atoms with Gasteiger partial charge in [0.25, 0.3) is 0 Å². The van der Waals surface area contributed by atoms with Gasteiger partial charge < -0.3 is 20.5 Å². The number of methoxy groups -OCH3 is 1. The molecule has 0 aliphatic heterocycles. The van der Waals surface area contributed by atoms with Crippen molar-refractivity contribution in [1.82, 2.24) is 10.6 Å². The number of carboxylic acid groups (broad SMARTS) is 1. The molecule has 0 fully saturated rings. The molecule has 0 saturated heterocycles. The molecule has 29 heavy (non-hydrogen) atoms. The highest BCUT2D eigenvalue weighted by molar-refractivity contribution is 5.90. The van der Waals surface area contributed by atoms with Gasteiger partial charge in [0.15, 0.2) is 0 Å². The molecule has 1 aromatic rings. The van der Waals surface area contributed by atoms with Crippen LogP contribution in [0.4, 0.5) is 0 Å². The summed E-state index contributed by atoms with van der Waals surface area (Å²) in [6, 6.07) is 7.45. The second-order valence-electron chi connectivity index (χ2n) is 7.65. The van der Waals surface area contributed by atoms with Crippen LogP contribution >= 0.6 is 0 Å². The predicted octanol–water partition coefficient (Wildman–Crippen LogP) is 2.54. The summed E-state index contributed by atoms with van der Waals surface area (Å²) in [7, 11) is 1.26. The molecule has 0 aliphatic carbocycles. The minimum Gasteiger partial charge on any atom is -0.481 e. The van der Waals surface area contributed by atoms with Gasteiger partial charge in [-0.2, -0.15) is 0 Å². The van der Waals surface area contributed by atoms with Gasteiger partial charge in [-0.1, -0.05) is 63.9 Å². The molecule has 1 rings (SSSR count). The zero-order chi connectivity index (χ0) is 21.9. The van der Waals surface area contributed by atoms with Crippen LogP contribution in [0, 0.1) is 5.41 Å². The fourth-order valence-corrected chi connectivity index (χ4v) is 3.04. The number of aliphatic carboxylic acids is 1. The predicted molar refractivity (Wildman–Crippen MR) is 111 cm³/mol. The summed E-state index contributed by atoms with van der Waals surface area (Å²) in [4.78, 5) is 36.1. The van der Waals surface area contributed by atoms with E-state index in [1.165, 1.54) is 7.11 Å². The Morgan fingerprint density at radius 3 is 2.24 bits per heavy atom. The summed E-state index contributed by atoms with van der Waals surface area (Å²) < 4.78 is 4.81. The lowest BCUT2D eigenvalue weighted by atomic mass is 9.81. The molecule has 1 aromatic carbocycles. The molecule has 1 amide bonds. The minimum absolute atomic E-state index is 0.138. The summed E-state index contributed by atoms with van der Waals surface area (Å²) in [5.74, 6) is -2.17. The Morgan fingerprint density at radius 1 is 1.10 bits per heavy atom. The average molecular weight is 407 g/mol. The Balaban J connectivity index is 2.81. The van der Waals surface area contributed by atoms with Crippen LogP contribution in [-0.4, -0.2) is 48.7 Å². The van der Waals surface area contributed by atoms with Crippen molar-refractivity contribution in [3.05, 3.63) is 35.9 Å². The van der Waals surface area contributed by atoms with Crippen molar-refractivity contribution >= 4 is 17.8 Å². The molecule has 2 atom stereocenters. The number of rotatable bonds is 13. The Morgan fingerprint density at radius 2 is 1.72 bits per heavy atom. The molecule has 7 heteroatoms. The molecular formula is C22H34N2O5. The maximum Gasteiger partial charge on any atom is 0.328 e. The lowest BCUT2D eigenvalue weighted by Crippen LogP contribution is -2.52. The third-order valence-electron chi connectivity index (χ3n) is 5.61. The number of carboxylic acids is 1. The number of nitrogens with one attached hydrogen (secondary N) is 2. The molecule has 0 bridgehead atoms. The second-order valence-corrected chi connectivity index (χ2v) is 7.65.